The lowest BCUT2D eigenvalue weighted by Gasteiger charge is -2.28. The second kappa shape index (κ2) is 9.50. The van der Waals surface area contributed by atoms with Crippen molar-refractivity contribution < 1.29 is 24.0 Å². The van der Waals surface area contributed by atoms with Gasteiger partial charge in [0, 0.05) is 6.42 Å². The maximum Gasteiger partial charge on any atom is 0.305 e. The van der Waals surface area contributed by atoms with Gasteiger partial charge in [0.05, 0.1) is 40.2 Å². The number of nitrogens with zero attached hydrogens (tertiary/aromatic N) is 1. The first-order valence-electron chi connectivity index (χ1n) is 7.51. The normalized spacial score (nSPS) is 12.8. The topological polar surface area (TPSA) is 83.5 Å². The van der Waals surface area contributed by atoms with Crippen LogP contribution in [-0.2, 0) is 14.4 Å². The molecule has 21 heavy (non-hydrogen) atoms. The lowest BCUT2D eigenvalue weighted by molar-refractivity contribution is -0.871. The molecule has 0 saturated heterocycles. The highest BCUT2D eigenvalue weighted by atomic mass is 16.4. The number of carboxylic acids is 1. The van der Waals surface area contributed by atoms with Gasteiger partial charge in [0.25, 0.3) is 5.91 Å². The summed E-state index contributed by atoms with van der Waals surface area (Å²) in [6.45, 7) is 2.54. The van der Waals surface area contributed by atoms with Gasteiger partial charge in [0.2, 0.25) is 5.78 Å². The number of aliphatic carboxylic acids is 1. The van der Waals surface area contributed by atoms with Gasteiger partial charge >= 0.3 is 5.97 Å². The van der Waals surface area contributed by atoms with E-state index >= 15 is 0 Å². The predicted molar refractivity (Wildman–Crippen MR) is 80.8 cm³/mol. The molecule has 0 aromatic carbocycles. The maximum atomic E-state index is 11.8. The van der Waals surface area contributed by atoms with Crippen LogP contribution in [0.15, 0.2) is 0 Å². The number of hydrogen-bond donors (Lipinski definition) is 2. The number of quaternary nitrogens is 1. The molecule has 2 N–H and O–H groups in total. The van der Waals surface area contributed by atoms with E-state index in [9.17, 15) is 14.4 Å². The highest BCUT2D eigenvalue weighted by molar-refractivity contribution is 6.36. The summed E-state index contributed by atoms with van der Waals surface area (Å²) in [5.74, 6) is -2.10. The van der Waals surface area contributed by atoms with Gasteiger partial charge in [0.15, 0.2) is 0 Å². The predicted octanol–water partition coefficient (Wildman–Crippen LogP) is 1.19. The van der Waals surface area contributed by atoms with Crippen molar-refractivity contribution in [2.75, 3.05) is 27.7 Å². The third kappa shape index (κ3) is 11.0. The van der Waals surface area contributed by atoms with Crippen LogP contribution in [0.4, 0.5) is 0 Å². The largest absolute Gasteiger partial charge is 0.481 e. The van der Waals surface area contributed by atoms with Crippen molar-refractivity contribution in [2.24, 2.45) is 0 Å². The number of amides is 1. The minimum absolute atomic E-state index is 0.176. The van der Waals surface area contributed by atoms with Crippen LogP contribution in [0.5, 0.6) is 0 Å². The average Bonchev–Trinajstić information content (AvgIpc) is 2.31. The van der Waals surface area contributed by atoms with Gasteiger partial charge < -0.3 is 14.9 Å². The third-order valence-corrected chi connectivity index (χ3v) is 3.03. The molecule has 0 spiro atoms. The molecule has 0 aromatic heterocycles. The standard InChI is InChI=1S/C15H28N2O4/c1-5-6-7-8-9-13(18)15(21)16-12(10-14(19)20)11-17(2,3)4/h12H,5-11H2,1-4H3,(H-,16,19,20,21)/p+1. The smallest absolute Gasteiger partial charge is 0.305 e. The second-order valence-electron chi connectivity index (χ2n) is 6.47. The van der Waals surface area contributed by atoms with Crippen LogP contribution < -0.4 is 5.32 Å². The van der Waals surface area contributed by atoms with E-state index in [2.05, 4.69) is 12.2 Å². The summed E-state index contributed by atoms with van der Waals surface area (Å²) in [6, 6.07) is -0.533. The molecule has 0 aliphatic carbocycles. The first-order chi connectivity index (χ1) is 9.65. The Bertz CT molecular complexity index is 361. The highest BCUT2D eigenvalue weighted by Gasteiger charge is 2.25. The molecule has 1 atom stereocenters. The van der Waals surface area contributed by atoms with E-state index in [1.54, 1.807) is 0 Å². The van der Waals surface area contributed by atoms with Crippen molar-refractivity contribution in [3.8, 4) is 0 Å². The number of likely N-dealkylation sites (N-methyl/N-ethyl adjacent to an activating group) is 1. The van der Waals surface area contributed by atoms with Crippen molar-refractivity contribution in [3.63, 3.8) is 0 Å². The summed E-state index contributed by atoms with van der Waals surface area (Å²) in [5, 5.41) is 11.5. The van der Waals surface area contributed by atoms with E-state index in [1.165, 1.54) is 0 Å². The lowest BCUT2D eigenvalue weighted by atomic mass is 10.1. The Balaban J connectivity index is 4.37. The Hall–Kier alpha value is -1.43. The van der Waals surface area contributed by atoms with Crippen LogP contribution in [0, 0.1) is 0 Å². The fraction of sp³-hybridized carbons (Fsp3) is 0.800. The summed E-state index contributed by atoms with van der Waals surface area (Å²) in [5.41, 5.74) is 0. The number of Topliss-reactive ketones (excluding diaryl/α,β-unsaturated/α-hetero) is 1. The first kappa shape index (κ1) is 19.6. The summed E-state index contributed by atoms with van der Waals surface area (Å²) < 4.78 is 0.517. The minimum Gasteiger partial charge on any atom is -0.481 e. The van der Waals surface area contributed by atoms with Crippen LogP contribution in [0.3, 0.4) is 0 Å². The van der Waals surface area contributed by atoms with Crippen molar-refractivity contribution >= 4 is 17.7 Å². The number of rotatable bonds is 11. The SMILES string of the molecule is CCCCCCC(=O)C(=O)NC(CC(=O)O)C[N+](C)(C)C. The maximum absolute atomic E-state index is 11.8. The molecular formula is C15H29N2O4+. The van der Waals surface area contributed by atoms with Crippen molar-refractivity contribution in [2.45, 2.75) is 51.5 Å². The Morgan fingerprint density at radius 2 is 1.71 bits per heavy atom. The number of hydrogen-bond acceptors (Lipinski definition) is 3. The molecule has 0 bridgehead atoms. The molecule has 0 radical (unpaired) electrons. The summed E-state index contributed by atoms with van der Waals surface area (Å²) in [7, 11) is 5.73. The first-order valence-corrected chi connectivity index (χ1v) is 7.51. The van der Waals surface area contributed by atoms with Gasteiger partial charge in [-0.1, -0.05) is 26.2 Å². The number of nitrogens with one attached hydrogen (secondary N) is 1. The molecule has 0 aliphatic heterocycles. The highest BCUT2D eigenvalue weighted by Crippen LogP contribution is 2.04. The van der Waals surface area contributed by atoms with E-state index in [0.717, 1.165) is 19.3 Å². The van der Waals surface area contributed by atoms with Crippen LogP contribution in [0.2, 0.25) is 0 Å². The molecule has 6 heteroatoms. The van der Waals surface area contributed by atoms with Gasteiger partial charge in [-0.15, -0.1) is 0 Å². The Morgan fingerprint density at radius 1 is 1.10 bits per heavy atom. The zero-order valence-electron chi connectivity index (χ0n) is 13.6. The fourth-order valence-electron chi connectivity index (χ4n) is 2.12. The van der Waals surface area contributed by atoms with E-state index in [-0.39, 0.29) is 12.8 Å². The molecule has 122 valence electrons. The molecule has 0 aromatic rings. The van der Waals surface area contributed by atoms with E-state index in [1.807, 2.05) is 21.1 Å². The van der Waals surface area contributed by atoms with Crippen LogP contribution >= 0.6 is 0 Å². The van der Waals surface area contributed by atoms with Crippen molar-refractivity contribution in [1.82, 2.24) is 5.32 Å². The molecule has 0 heterocycles. The van der Waals surface area contributed by atoms with Gasteiger partial charge in [-0.3, -0.25) is 14.4 Å². The van der Waals surface area contributed by atoms with E-state index in [4.69, 9.17) is 5.11 Å². The molecule has 0 aliphatic rings. The van der Waals surface area contributed by atoms with Crippen LogP contribution in [-0.4, -0.2) is 61.0 Å². The Labute approximate surface area is 127 Å². The molecular weight excluding hydrogens is 272 g/mol. The van der Waals surface area contributed by atoms with E-state index < -0.39 is 23.7 Å². The second-order valence-corrected chi connectivity index (χ2v) is 6.47. The van der Waals surface area contributed by atoms with Crippen LogP contribution in [0.25, 0.3) is 0 Å². The number of carbonyl (C=O) groups excluding carboxylic acids is 2. The van der Waals surface area contributed by atoms with Gasteiger partial charge in [0.1, 0.15) is 0 Å². The van der Waals surface area contributed by atoms with Crippen LogP contribution in [0.1, 0.15) is 45.4 Å². The van der Waals surface area contributed by atoms with Gasteiger partial charge in [-0.2, -0.15) is 0 Å². The molecule has 1 unspecified atom stereocenters. The minimum atomic E-state index is -0.982. The number of unbranched alkanes of at least 4 members (excludes halogenated alkanes) is 3. The van der Waals surface area contributed by atoms with Gasteiger partial charge in [-0.05, 0) is 6.42 Å². The quantitative estimate of drug-likeness (QED) is 0.341. The van der Waals surface area contributed by atoms with Crippen molar-refractivity contribution in [3.05, 3.63) is 0 Å². The average molecular weight is 301 g/mol. The lowest BCUT2D eigenvalue weighted by Crippen LogP contribution is -2.51. The molecule has 0 fully saturated rings. The monoisotopic (exact) mass is 301 g/mol. The number of carboxylic acid groups (broad SMARTS) is 1. The Morgan fingerprint density at radius 3 is 2.19 bits per heavy atom. The zero-order valence-corrected chi connectivity index (χ0v) is 13.6. The summed E-state index contributed by atoms with van der Waals surface area (Å²) in [4.78, 5) is 34.4. The summed E-state index contributed by atoms with van der Waals surface area (Å²) in [6.07, 6.45) is 3.83. The third-order valence-electron chi connectivity index (χ3n) is 3.03. The molecule has 1 amide bonds. The fourth-order valence-corrected chi connectivity index (χ4v) is 2.12. The molecule has 6 nitrogen and oxygen atoms in total. The number of ketones is 1. The Kier molecular flexibility index (Phi) is 8.85. The molecule has 0 saturated carbocycles. The zero-order chi connectivity index (χ0) is 16.5. The van der Waals surface area contributed by atoms with Gasteiger partial charge in [-0.25, -0.2) is 0 Å². The molecule has 0 rings (SSSR count). The summed E-state index contributed by atoms with van der Waals surface area (Å²) >= 11 is 0. The van der Waals surface area contributed by atoms with Crippen molar-refractivity contribution in [1.29, 1.82) is 0 Å². The number of carbonyl (C=O) groups is 3. The van der Waals surface area contributed by atoms with E-state index in [0.29, 0.717) is 17.4 Å².